The fourth-order valence-electron chi connectivity index (χ4n) is 2.96. The number of aromatic nitrogens is 4. The number of aryl methyl sites for hydroxylation is 1. The number of rotatable bonds is 5. The summed E-state index contributed by atoms with van der Waals surface area (Å²) in [6.07, 6.45) is 4.37. The second kappa shape index (κ2) is 6.91. The maximum absolute atomic E-state index is 12.6. The van der Waals surface area contributed by atoms with Crippen molar-refractivity contribution in [3.8, 4) is 0 Å². The van der Waals surface area contributed by atoms with Crippen LogP contribution in [0, 0.1) is 0 Å². The minimum absolute atomic E-state index is 0.152. The first-order chi connectivity index (χ1) is 13.1. The van der Waals surface area contributed by atoms with Crippen molar-refractivity contribution in [1.29, 1.82) is 0 Å². The van der Waals surface area contributed by atoms with Crippen molar-refractivity contribution >= 4 is 16.9 Å². The van der Waals surface area contributed by atoms with Gasteiger partial charge < -0.3 is 9.73 Å². The number of nitrogens with zero attached hydrogens (tertiary/aromatic N) is 4. The van der Waals surface area contributed by atoms with Crippen molar-refractivity contribution in [3.63, 3.8) is 0 Å². The van der Waals surface area contributed by atoms with Crippen LogP contribution in [0.15, 0.2) is 70.5 Å². The average Bonchev–Trinajstić information content (AvgIpc) is 3.33. The molecule has 1 unspecified atom stereocenters. The minimum Gasteiger partial charge on any atom is -0.467 e. The molecule has 3 heterocycles. The predicted molar refractivity (Wildman–Crippen MR) is 97.9 cm³/mol. The van der Waals surface area contributed by atoms with Gasteiger partial charge in [0.2, 0.25) is 5.91 Å². The van der Waals surface area contributed by atoms with Gasteiger partial charge in [-0.25, -0.2) is 4.98 Å². The van der Waals surface area contributed by atoms with Gasteiger partial charge in [-0.3, -0.25) is 18.8 Å². The Bertz CT molecular complexity index is 1130. The number of carbonyl (C=O) groups excluding carboxylic acids is 1. The second-order valence-corrected chi connectivity index (χ2v) is 6.11. The Hall–Kier alpha value is -3.68. The topological polar surface area (TPSA) is 95.0 Å². The average molecular weight is 363 g/mol. The molecule has 1 N–H and O–H groups in total. The maximum atomic E-state index is 12.6. The van der Waals surface area contributed by atoms with Gasteiger partial charge in [0.1, 0.15) is 30.1 Å². The van der Waals surface area contributed by atoms with Crippen LogP contribution in [0.1, 0.15) is 17.4 Å². The highest BCUT2D eigenvalue weighted by atomic mass is 16.3. The zero-order valence-electron chi connectivity index (χ0n) is 14.6. The van der Waals surface area contributed by atoms with Crippen LogP contribution in [-0.2, 0) is 18.4 Å². The first-order valence-corrected chi connectivity index (χ1v) is 8.38. The third-order valence-electron chi connectivity index (χ3n) is 4.30. The smallest absolute Gasteiger partial charge is 0.264 e. The van der Waals surface area contributed by atoms with Crippen LogP contribution in [0.5, 0.6) is 0 Å². The number of nitrogens with one attached hydrogen (secondary N) is 1. The number of furan rings is 1. The molecule has 3 aromatic heterocycles. The van der Waals surface area contributed by atoms with Gasteiger partial charge in [0, 0.05) is 7.05 Å². The Balaban J connectivity index is 1.59. The summed E-state index contributed by atoms with van der Waals surface area (Å²) in [6, 6.07) is 12.6. The zero-order chi connectivity index (χ0) is 18.8. The first-order valence-electron chi connectivity index (χ1n) is 8.38. The number of amides is 1. The van der Waals surface area contributed by atoms with Crippen LogP contribution >= 0.6 is 0 Å². The molecule has 0 aliphatic rings. The molecule has 0 saturated heterocycles. The predicted octanol–water partition coefficient (Wildman–Crippen LogP) is 1.63. The summed E-state index contributed by atoms with van der Waals surface area (Å²) >= 11 is 0. The molecule has 1 atom stereocenters. The second-order valence-electron chi connectivity index (χ2n) is 6.11. The molecule has 0 aliphatic heterocycles. The standard InChI is InChI=1S/C19H17N5O3/c1-23-18-14(10-21-23)19(26)24(12-20-18)11-16(25)22-17(15-8-5-9-27-15)13-6-3-2-4-7-13/h2-10,12,17H,11H2,1H3,(H,22,25). The van der Waals surface area contributed by atoms with Crippen LogP contribution in [-0.4, -0.2) is 25.2 Å². The molecule has 0 saturated carbocycles. The summed E-state index contributed by atoms with van der Waals surface area (Å²) in [4.78, 5) is 29.4. The molecule has 0 radical (unpaired) electrons. The molecule has 8 heteroatoms. The lowest BCUT2D eigenvalue weighted by Crippen LogP contribution is -2.35. The number of benzene rings is 1. The fraction of sp³-hybridized carbons (Fsp3) is 0.158. The number of fused-ring (bicyclic) bond motifs is 1. The van der Waals surface area contributed by atoms with E-state index in [9.17, 15) is 9.59 Å². The summed E-state index contributed by atoms with van der Waals surface area (Å²) in [5.41, 5.74) is 1.06. The molecule has 1 aromatic carbocycles. The van der Waals surface area contributed by atoms with Gasteiger partial charge in [0.05, 0.1) is 12.5 Å². The highest BCUT2D eigenvalue weighted by Crippen LogP contribution is 2.22. The molecule has 27 heavy (non-hydrogen) atoms. The van der Waals surface area contributed by atoms with Crippen molar-refractivity contribution < 1.29 is 9.21 Å². The van der Waals surface area contributed by atoms with Gasteiger partial charge in [0.15, 0.2) is 5.65 Å². The molecule has 1 amide bonds. The molecule has 0 fully saturated rings. The Labute approximate surface area is 154 Å². The molecule has 4 rings (SSSR count). The van der Waals surface area contributed by atoms with Gasteiger partial charge in [-0.15, -0.1) is 0 Å². The van der Waals surface area contributed by atoms with E-state index < -0.39 is 6.04 Å². The normalized spacial score (nSPS) is 12.2. The van der Waals surface area contributed by atoms with E-state index >= 15 is 0 Å². The van der Waals surface area contributed by atoms with Crippen LogP contribution in [0.25, 0.3) is 11.0 Å². The Kier molecular flexibility index (Phi) is 4.29. The number of hydrogen-bond acceptors (Lipinski definition) is 5. The fourth-order valence-corrected chi connectivity index (χ4v) is 2.96. The highest BCUT2D eigenvalue weighted by Gasteiger charge is 2.20. The monoisotopic (exact) mass is 363 g/mol. The SMILES string of the molecule is Cn1ncc2c(=O)n(CC(=O)NC(c3ccccc3)c3ccco3)cnc21. The summed E-state index contributed by atoms with van der Waals surface area (Å²) in [7, 11) is 1.71. The molecule has 0 bridgehead atoms. The van der Waals surface area contributed by atoms with Gasteiger partial charge in [-0.2, -0.15) is 5.10 Å². The summed E-state index contributed by atoms with van der Waals surface area (Å²) in [5, 5.41) is 7.32. The van der Waals surface area contributed by atoms with E-state index in [2.05, 4.69) is 15.4 Å². The molecule has 0 aliphatic carbocycles. The lowest BCUT2D eigenvalue weighted by Gasteiger charge is -2.17. The summed E-state index contributed by atoms with van der Waals surface area (Å²) < 4.78 is 8.26. The first kappa shape index (κ1) is 16.8. The van der Waals surface area contributed by atoms with Gasteiger partial charge in [-0.05, 0) is 17.7 Å². The van der Waals surface area contributed by atoms with Crippen LogP contribution in [0.3, 0.4) is 0 Å². The molecular formula is C19H17N5O3. The van der Waals surface area contributed by atoms with Crippen molar-refractivity contribution in [1.82, 2.24) is 24.6 Å². The molecular weight excluding hydrogens is 346 g/mol. The van der Waals surface area contributed by atoms with E-state index in [0.29, 0.717) is 16.8 Å². The molecule has 136 valence electrons. The van der Waals surface area contributed by atoms with E-state index in [0.717, 1.165) is 5.56 Å². The molecule has 0 spiro atoms. The third kappa shape index (κ3) is 3.24. The quantitative estimate of drug-likeness (QED) is 0.581. The number of carbonyl (C=O) groups is 1. The van der Waals surface area contributed by atoms with E-state index in [1.54, 1.807) is 25.4 Å². The summed E-state index contributed by atoms with van der Waals surface area (Å²) in [6.45, 7) is -0.152. The van der Waals surface area contributed by atoms with Crippen molar-refractivity contribution in [3.05, 3.63) is 82.9 Å². The van der Waals surface area contributed by atoms with E-state index in [1.807, 2.05) is 30.3 Å². The van der Waals surface area contributed by atoms with Crippen LogP contribution < -0.4 is 10.9 Å². The minimum atomic E-state index is -0.445. The van der Waals surface area contributed by atoms with Crippen molar-refractivity contribution in [2.24, 2.45) is 7.05 Å². The van der Waals surface area contributed by atoms with E-state index in [-0.39, 0.29) is 18.0 Å². The molecule has 8 nitrogen and oxygen atoms in total. The van der Waals surface area contributed by atoms with E-state index in [4.69, 9.17) is 4.42 Å². The maximum Gasteiger partial charge on any atom is 0.264 e. The van der Waals surface area contributed by atoms with E-state index in [1.165, 1.54) is 21.8 Å². The summed E-state index contributed by atoms with van der Waals surface area (Å²) in [5.74, 6) is 0.287. The largest absolute Gasteiger partial charge is 0.467 e. The lowest BCUT2D eigenvalue weighted by molar-refractivity contribution is -0.122. The Morgan fingerprint density at radius 3 is 2.78 bits per heavy atom. The van der Waals surface area contributed by atoms with Crippen molar-refractivity contribution in [2.75, 3.05) is 0 Å². The van der Waals surface area contributed by atoms with Crippen LogP contribution in [0.4, 0.5) is 0 Å². The lowest BCUT2D eigenvalue weighted by atomic mass is 10.0. The zero-order valence-corrected chi connectivity index (χ0v) is 14.6. The Morgan fingerprint density at radius 2 is 2.04 bits per heavy atom. The molecule has 4 aromatic rings. The third-order valence-corrected chi connectivity index (χ3v) is 4.30. The Morgan fingerprint density at radius 1 is 1.22 bits per heavy atom. The van der Waals surface area contributed by atoms with Gasteiger partial charge in [0.25, 0.3) is 5.56 Å². The number of hydrogen-bond donors (Lipinski definition) is 1. The van der Waals surface area contributed by atoms with Crippen molar-refractivity contribution in [2.45, 2.75) is 12.6 Å². The van der Waals surface area contributed by atoms with Crippen LogP contribution in [0.2, 0.25) is 0 Å². The van der Waals surface area contributed by atoms with Gasteiger partial charge in [-0.1, -0.05) is 30.3 Å². The van der Waals surface area contributed by atoms with Gasteiger partial charge >= 0.3 is 0 Å². The highest BCUT2D eigenvalue weighted by molar-refractivity contribution is 5.78.